The van der Waals surface area contributed by atoms with E-state index < -0.39 is 0 Å². The second kappa shape index (κ2) is 3.81. The standard InChI is InChI=1S/C21H12N2OS/c1-22-14-4-2-3-13-17(14)18-15(22)6-5-11-12-7-9-24-21(12)23(19(11)18)16-8-10-25-20(13)16/h2-10H,1H3. The van der Waals surface area contributed by atoms with Crippen molar-refractivity contribution in [2.45, 2.75) is 0 Å². The Morgan fingerprint density at radius 2 is 1.76 bits per heavy atom. The van der Waals surface area contributed by atoms with Crippen molar-refractivity contribution in [3.8, 4) is 0 Å². The molecular weight excluding hydrogens is 328 g/mol. The minimum Gasteiger partial charge on any atom is -0.447 e. The van der Waals surface area contributed by atoms with Gasteiger partial charge in [0, 0.05) is 39.5 Å². The number of benzene rings is 2. The minimum absolute atomic E-state index is 0.937. The van der Waals surface area contributed by atoms with Crippen LogP contribution in [0.2, 0.25) is 0 Å². The summed E-state index contributed by atoms with van der Waals surface area (Å²) < 4.78 is 11.9. The predicted octanol–water partition coefficient (Wildman–Crippen LogP) is 6.14. The smallest absolute Gasteiger partial charge is 0.212 e. The van der Waals surface area contributed by atoms with Gasteiger partial charge in [0.25, 0.3) is 0 Å². The van der Waals surface area contributed by atoms with Gasteiger partial charge in [-0.15, -0.1) is 11.3 Å². The van der Waals surface area contributed by atoms with Gasteiger partial charge in [-0.2, -0.15) is 0 Å². The lowest BCUT2D eigenvalue weighted by molar-refractivity contribution is 0.601. The van der Waals surface area contributed by atoms with E-state index in [1.807, 2.05) is 0 Å². The van der Waals surface area contributed by atoms with Crippen LogP contribution in [-0.2, 0) is 7.05 Å². The number of fused-ring (bicyclic) bond motifs is 6. The normalized spacial score (nSPS) is 13.0. The summed E-state index contributed by atoms with van der Waals surface area (Å²) in [7, 11) is 2.16. The zero-order valence-corrected chi connectivity index (χ0v) is 14.2. The zero-order valence-electron chi connectivity index (χ0n) is 13.4. The summed E-state index contributed by atoms with van der Waals surface area (Å²) in [5, 5.41) is 8.64. The highest BCUT2D eigenvalue weighted by Crippen LogP contribution is 2.44. The third-order valence-corrected chi connectivity index (χ3v) is 6.60. The van der Waals surface area contributed by atoms with Gasteiger partial charge in [0.1, 0.15) is 0 Å². The lowest BCUT2D eigenvalue weighted by atomic mass is 10.1. The molecule has 0 N–H and O–H groups in total. The van der Waals surface area contributed by atoms with E-state index >= 15 is 0 Å². The average molecular weight is 340 g/mol. The van der Waals surface area contributed by atoms with E-state index in [1.54, 1.807) is 17.6 Å². The number of aromatic nitrogens is 2. The van der Waals surface area contributed by atoms with Crippen molar-refractivity contribution in [3.05, 3.63) is 54.1 Å². The van der Waals surface area contributed by atoms with Gasteiger partial charge in [-0.05, 0) is 35.7 Å². The van der Waals surface area contributed by atoms with Gasteiger partial charge in [0.05, 0.1) is 27.5 Å². The molecule has 0 unspecified atom stereocenters. The van der Waals surface area contributed by atoms with Gasteiger partial charge < -0.3 is 8.98 Å². The Labute approximate surface area is 145 Å². The minimum atomic E-state index is 0.937. The molecule has 0 amide bonds. The molecule has 2 aromatic carbocycles. The fourth-order valence-electron chi connectivity index (χ4n) is 4.65. The summed E-state index contributed by atoms with van der Waals surface area (Å²) >= 11 is 1.80. The van der Waals surface area contributed by atoms with Gasteiger partial charge in [0.15, 0.2) is 0 Å². The number of nitrogens with zero attached hydrogens (tertiary/aromatic N) is 2. The molecule has 4 heteroatoms. The number of hydrogen-bond donors (Lipinski definition) is 0. The van der Waals surface area contributed by atoms with Crippen molar-refractivity contribution < 1.29 is 4.42 Å². The molecule has 0 atom stereocenters. The first-order chi connectivity index (χ1) is 12.3. The third-order valence-electron chi connectivity index (χ3n) is 5.66. The molecule has 0 radical (unpaired) electrons. The van der Waals surface area contributed by atoms with E-state index in [0.29, 0.717) is 0 Å². The molecule has 0 bridgehead atoms. The maximum atomic E-state index is 5.93. The molecule has 0 aliphatic heterocycles. The fourth-order valence-corrected chi connectivity index (χ4v) is 5.56. The first-order valence-electron chi connectivity index (χ1n) is 8.34. The van der Waals surface area contributed by atoms with Crippen molar-refractivity contribution in [1.29, 1.82) is 0 Å². The van der Waals surface area contributed by atoms with E-state index in [2.05, 4.69) is 63.9 Å². The van der Waals surface area contributed by atoms with Crippen LogP contribution in [0.15, 0.2) is 58.5 Å². The van der Waals surface area contributed by atoms with E-state index in [9.17, 15) is 0 Å². The molecule has 3 nitrogen and oxygen atoms in total. The van der Waals surface area contributed by atoms with Crippen molar-refractivity contribution in [2.75, 3.05) is 0 Å². The highest BCUT2D eigenvalue weighted by atomic mass is 32.1. The van der Waals surface area contributed by atoms with Crippen molar-refractivity contribution in [1.82, 2.24) is 8.97 Å². The van der Waals surface area contributed by atoms with Gasteiger partial charge in [-0.3, -0.25) is 4.40 Å². The Hall–Kier alpha value is -2.98. The number of hydrogen-bond acceptors (Lipinski definition) is 2. The maximum absolute atomic E-state index is 5.93. The predicted molar refractivity (Wildman–Crippen MR) is 105 cm³/mol. The SMILES string of the molecule is Cn1c2cccc3c4sccc4n4c5occc5c5ccc1c(c32)c54. The fraction of sp³-hybridized carbons (Fsp3) is 0.0476. The second-order valence-electron chi connectivity index (χ2n) is 6.72. The summed E-state index contributed by atoms with van der Waals surface area (Å²) in [5.41, 5.74) is 5.98. The van der Waals surface area contributed by atoms with E-state index in [0.717, 1.165) is 5.71 Å². The largest absolute Gasteiger partial charge is 0.447 e. The van der Waals surface area contributed by atoms with Gasteiger partial charge in [-0.25, -0.2) is 0 Å². The van der Waals surface area contributed by atoms with Crippen molar-refractivity contribution in [2.24, 2.45) is 7.05 Å². The monoisotopic (exact) mass is 340 g/mol. The van der Waals surface area contributed by atoms with Crippen LogP contribution in [0.5, 0.6) is 0 Å². The highest BCUT2D eigenvalue weighted by molar-refractivity contribution is 7.18. The Bertz CT molecular complexity index is 1600. The number of rotatable bonds is 0. The molecule has 5 heterocycles. The molecule has 0 aliphatic carbocycles. The summed E-state index contributed by atoms with van der Waals surface area (Å²) in [5.74, 6) is 0. The van der Waals surface area contributed by atoms with Crippen LogP contribution in [0.1, 0.15) is 0 Å². The van der Waals surface area contributed by atoms with Gasteiger partial charge in [0.2, 0.25) is 5.71 Å². The molecule has 5 aromatic heterocycles. The van der Waals surface area contributed by atoms with Crippen LogP contribution in [0.4, 0.5) is 0 Å². The summed E-state index contributed by atoms with van der Waals surface area (Å²) in [6.07, 6.45) is 1.79. The molecule has 0 aliphatic rings. The Balaban J connectivity index is 2.10. The maximum Gasteiger partial charge on any atom is 0.212 e. The summed E-state index contributed by atoms with van der Waals surface area (Å²) in [4.78, 5) is 0. The first-order valence-corrected chi connectivity index (χ1v) is 9.22. The quantitative estimate of drug-likeness (QED) is 0.325. The Morgan fingerprint density at radius 1 is 0.840 bits per heavy atom. The summed E-state index contributed by atoms with van der Waals surface area (Å²) in [6.45, 7) is 0. The van der Waals surface area contributed by atoms with Crippen LogP contribution >= 0.6 is 11.3 Å². The second-order valence-corrected chi connectivity index (χ2v) is 7.64. The molecule has 0 saturated carbocycles. The van der Waals surface area contributed by atoms with Gasteiger partial charge >= 0.3 is 0 Å². The van der Waals surface area contributed by atoms with E-state index in [1.165, 1.54) is 53.7 Å². The number of thiophene rings is 1. The van der Waals surface area contributed by atoms with Gasteiger partial charge in [-0.1, -0.05) is 12.1 Å². The van der Waals surface area contributed by atoms with Crippen LogP contribution in [0.25, 0.3) is 59.4 Å². The number of aryl methyl sites for hydroxylation is 1. The molecule has 118 valence electrons. The van der Waals surface area contributed by atoms with Crippen LogP contribution in [-0.4, -0.2) is 8.97 Å². The van der Waals surface area contributed by atoms with Crippen molar-refractivity contribution in [3.63, 3.8) is 0 Å². The molecule has 7 rings (SSSR count). The molecule has 0 fully saturated rings. The molecule has 0 spiro atoms. The average Bonchev–Trinajstić information content (AvgIpc) is 3.36. The molecule has 0 saturated heterocycles. The Morgan fingerprint density at radius 3 is 2.72 bits per heavy atom. The van der Waals surface area contributed by atoms with Crippen LogP contribution in [0.3, 0.4) is 0 Å². The molecule has 25 heavy (non-hydrogen) atoms. The first kappa shape index (κ1) is 12.4. The third kappa shape index (κ3) is 1.19. The van der Waals surface area contributed by atoms with E-state index in [4.69, 9.17) is 4.42 Å². The number of furan rings is 1. The van der Waals surface area contributed by atoms with Crippen LogP contribution < -0.4 is 0 Å². The Kier molecular flexibility index (Phi) is 1.89. The van der Waals surface area contributed by atoms with Crippen molar-refractivity contribution >= 4 is 70.7 Å². The molecule has 7 aromatic rings. The lowest BCUT2D eigenvalue weighted by Gasteiger charge is -2.00. The molecular formula is C21H12N2OS. The van der Waals surface area contributed by atoms with Crippen LogP contribution in [0, 0.1) is 0 Å². The lowest BCUT2D eigenvalue weighted by Crippen LogP contribution is -1.87. The zero-order chi connectivity index (χ0) is 16.3. The highest BCUT2D eigenvalue weighted by Gasteiger charge is 2.22. The summed E-state index contributed by atoms with van der Waals surface area (Å²) in [6, 6.07) is 15.4. The topological polar surface area (TPSA) is 22.5 Å². The van der Waals surface area contributed by atoms with E-state index in [-0.39, 0.29) is 0 Å².